The number of halogens is 3. The van der Waals surface area contributed by atoms with E-state index in [0.717, 1.165) is 6.07 Å². The van der Waals surface area contributed by atoms with Gasteiger partial charge in [0.05, 0.1) is 10.6 Å². The molecule has 0 atom stereocenters. The molecule has 0 saturated carbocycles. The molecule has 2 rings (SSSR count). The first-order valence-electron chi connectivity index (χ1n) is 5.59. The normalized spacial score (nSPS) is 10.3. The minimum atomic E-state index is -0.975. The summed E-state index contributed by atoms with van der Waals surface area (Å²) in [4.78, 5) is 10.2. The molecule has 7 heteroatoms. The SMILES string of the molecule is O=[N+]([O-])c1cc(Br)cc(CNc2cccc(F)c2F)c1. The van der Waals surface area contributed by atoms with Gasteiger partial charge >= 0.3 is 0 Å². The third-order valence-electron chi connectivity index (χ3n) is 2.59. The summed E-state index contributed by atoms with van der Waals surface area (Å²) in [6.45, 7) is 0.140. The molecule has 0 aliphatic rings. The molecule has 4 nitrogen and oxygen atoms in total. The van der Waals surface area contributed by atoms with Crippen molar-refractivity contribution in [3.05, 3.63) is 68.2 Å². The highest BCUT2D eigenvalue weighted by Crippen LogP contribution is 2.23. The second-order valence-electron chi connectivity index (χ2n) is 4.03. The van der Waals surface area contributed by atoms with Crippen LogP contribution in [0, 0.1) is 21.7 Å². The lowest BCUT2D eigenvalue weighted by Crippen LogP contribution is -2.03. The van der Waals surface area contributed by atoms with E-state index in [1.54, 1.807) is 6.07 Å². The van der Waals surface area contributed by atoms with E-state index in [9.17, 15) is 18.9 Å². The number of nitro groups is 1. The van der Waals surface area contributed by atoms with Gasteiger partial charge in [0.15, 0.2) is 11.6 Å². The predicted octanol–water partition coefficient (Wildman–Crippen LogP) is 4.25. The van der Waals surface area contributed by atoms with Crippen LogP contribution in [0.2, 0.25) is 0 Å². The molecule has 20 heavy (non-hydrogen) atoms. The van der Waals surface area contributed by atoms with Crippen molar-refractivity contribution >= 4 is 27.3 Å². The zero-order valence-electron chi connectivity index (χ0n) is 10.1. The van der Waals surface area contributed by atoms with E-state index >= 15 is 0 Å². The zero-order valence-corrected chi connectivity index (χ0v) is 11.7. The highest BCUT2D eigenvalue weighted by molar-refractivity contribution is 9.10. The molecule has 0 fully saturated rings. The first kappa shape index (κ1) is 14.4. The van der Waals surface area contributed by atoms with Gasteiger partial charge in [0.2, 0.25) is 0 Å². The van der Waals surface area contributed by atoms with Crippen LogP contribution in [0.1, 0.15) is 5.56 Å². The Hall–Kier alpha value is -2.02. The summed E-state index contributed by atoms with van der Waals surface area (Å²) in [5.74, 6) is -1.92. The van der Waals surface area contributed by atoms with Crippen molar-refractivity contribution in [3.8, 4) is 0 Å². The third-order valence-corrected chi connectivity index (χ3v) is 3.05. The van der Waals surface area contributed by atoms with Gasteiger partial charge in [0, 0.05) is 23.2 Å². The molecule has 0 bridgehead atoms. The summed E-state index contributed by atoms with van der Waals surface area (Å²) < 4.78 is 27.0. The van der Waals surface area contributed by atoms with Gasteiger partial charge in [-0.15, -0.1) is 0 Å². The number of benzene rings is 2. The minimum Gasteiger partial charge on any atom is -0.379 e. The number of nitro benzene ring substituents is 1. The number of nitrogens with zero attached hydrogens (tertiary/aromatic N) is 1. The van der Waals surface area contributed by atoms with Crippen molar-refractivity contribution in [1.29, 1.82) is 0 Å². The fourth-order valence-corrected chi connectivity index (χ4v) is 2.21. The molecule has 2 aromatic carbocycles. The maximum Gasteiger partial charge on any atom is 0.270 e. The lowest BCUT2D eigenvalue weighted by molar-refractivity contribution is -0.385. The summed E-state index contributed by atoms with van der Waals surface area (Å²) in [6, 6.07) is 8.19. The van der Waals surface area contributed by atoms with Gasteiger partial charge in [-0.2, -0.15) is 0 Å². The molecule has 0 aliphatic heterocycles. The van der Waals surface area contributed by atoms with Crippen molar-refractivity contribution in [2.45, 2.75) is 6.54 Å². The quantitative estimate of drug-likeness (QED) is 0.667. The average molecular weight is 343 g/mol. The molecule has 0 amide bonds. The highest BCUT2D eigenvalue weighted by atomic mass is 79.9. The van der Waals surface area contributed by atoms with Crippen molar-refractivity contribution in [1.82, 2.24) is 0 Å². The van der Waals surface area contributed by atoms with Gasteiger partial charge < -0.3 is 5.32 Å². The van der Waals surface area contributed by atoms with Crippen molar-refractivity contribution < 1.29 is 13.7 Å². The van der Waals surface area contributed by atoms with Gasteiger partial charge in [-0.1, -0.05) is 22.0 Å². The fraction of sp³-hybridized carbons (Fsp3) is 0.0769. The molecule has 0 aliphatic carbocycles. The van der Waals surface area contributed by atoms with E-state index < -0.39 is 16.6 Å². The molecule has 0 spiro atoms. The maximum absolute atomic E-state index is 13.4. The predicted molar refractivity (Wildman–Crippen MR) is 74.5 cm³/mol. The van der Waals surface area contributed by atoms with Gasteiger partial charge in [0.25, 0.3) is 5.69 Å². The lowest BCUT2D eigenvalue weighted by atomic mass is 10.2. The Labute approximate surface area is 121 Å². The van der Waals surface area contributed by atoms with Gasteiger partial charge in [-0.25, -0.2) is 8.78 Å². The van der Waals surface area contributed by atoms with Crippen LogP contribution in [0.4, 0.5) is 20.2 Å². The zero-order chi connectivity index (χ0) is 14.7. The molecular weight excluding hydrogens is 334 g/mol. The maximum atomic E-state index is 13.4. The summed E-state index contributed by atoms with van der Waals surface area (Å²) in [5.41, 5.74) is 0.512. The van der Waals surface area contributed by atoms with E-state index in [0.29, 0.717) is 10.0 Å². The Bertz CT molecular complexity index is 665. The molecule has 0 aromatic heterocycles. The largest absolute Gasteiger partial charge is 0.379 e. The van der Waals surface area contributed by atoms with Gasteiger partial charge in [-0.3, -0.25) is 10.1 Å². The smallest absolute Gasteiger partial charge is 0.270 e. The van der Waals surface area contributed by atoms with Crippen LogP contribution in [0.5, 0.6) is 0 Å². The summed E-state index contributed by atoms with van der Waals surface area (Å²) >= 11 is 3.17. The van der Waals surface area contributed by atoms with Crippen LogP contribution < -0.4 is 5.32 Å². The Morgan fingerprint density at radius 2 is 2.00 bits per heavy atom. The Morgan fingerprint density at radius 3 is 2.70 bits per heavy atom. The highest BCUT2D eigenvalue weighted by Gasteiger charge is 2.10. The second-order valence-corrected chi connectivity index (χ2v) is 4.95. The molecule has 104 valence electrons. The van der Waals surface area contributed by atoms with E-state index in [1.165, 1.54) is 24.3 Å². The average Bonchev–Trinajstić information content (AvgIpc) is 2.40. The van der Waals surface area contributed by atoms with Crippen molar-refractivity contribution in [3.63, 3.8) is 0 Å². The lowest BCUT2D eigenvalue weighted by Gasteiger charge is -2.08. The molecule has 2 aromatic rings. The van der Waals surface area contributed by atoms with E-state index in [1.807, 2.05) is 0 Å². The van der Waals surface area contributed by atoms with Crippen LogP contribution in [-0.4, -0.2) is 4.92 Å². The molecular formula is C13H9BrF2N2O2. The molecule has 1 N–H and O–H groups in total. The third kappa shape index (κ3) is 3.30. The van der Waals surface area contributed by atoms with Crippen molar-refractivity contribution in [2.24, 2.45) is 0 Å². The summed E-state index contributed by atoms with van der Waals surface area (Å²) in [5, 5.41) is 13.4. The topological polar surface area (TPSA) is 55.2 Å². The van der Waals surface area contributed by atoms with Gasteiger partial charge in [0.1, 0.15) is 0 Å². The summed E-state index contributed by atoms with van der Waals surface area (Å²) in [7, 11) is 0. The molecule has 0 heterocycles. The Balaban J connectivity index is 2.19. The first-order chi connectivity index (χ1) is 9.47. The summed E-state index contributed by atoms with van der Waals surface area (Å²) in [6.07, 6.45) is 0. The fourth-order valence-electron chi connectivity index (χ4n) is 1.68. The van der Waals surface area contributed by atoms with Crippen LogP contribution in [0.3, 0.4) is 0 Å². The van der Waals surface area contributed by atoms with Gasteiger partial charge in [-0.05, 0) is 23.8 Å². The van der Waals surface area contributed by atoms with Crippen LogP contribution >= 0.6 is 15.9 Å². The van der Waals surface area contributed by atoms with Crippen LogP contribution in [0.25, 0.3) is 0 Å². The van der Waals surface area contributed by atoms with E-state index in [-0.39, 0.29) is 17.9 Å². The van der Waals surface area contributed by atoms with Crippen molar-refractivity contribution in [2.75, 3.05) is 5.32 Å². The van der Waals surface area contributed by atoms with E-state index in [2.05, 4.69) is 21.2 Å². The number of nitrogens with one attached hydrogen (secondary N) is 1. The number of anilines is 1. The molecule has 0 radical (unpaired) electrons. The second kappa shape index (κ2) is 5.96. The van der Waals surface area contributed by atoms with E-state index in [4.69, 9.17) is 0 Å². The number of rotatable bonds is 4. The Morgan fingerprint density at radius 1 is 1.25 bits per heavy atom. The van der Waals surface area contributed by atoms with Crippen LogP contribution in [-0.2, 0) is 6.54 Å². The minimum absolute atomic E-state index is 0.00706. The number of hydrogen-bond donors (Lipinski definition) is 1. The standard InChI is InChI=1S/C13H9BrF2N2O2/c14-9-4-8(5-10(6-9)18(19)20)7-17-12-3-1-2-11(15)13(12)16/h1-6,17H,7H2. The Kier molecular flexibility index (Phi) is 4.29. The number of hydrogen-bond acceptors (Lipinski definition) is 3. The molecule has 0 saturated heterocycles. The molecule has 0 unspecified atom stereocenters. The monoisotopic (exact) mass is 342 g/mol. The first-order valence-corrected chi connectivity index (χ1v) is 6.38. The number of non-ortho nitro benzene ring substituents is 1. The van der Waals surface area contributed by atoms with Crippen LogP contribution in [0.15, 0.2) is 40.9 Å².